The molecule has 0 saturated carbocycles. The highest BCUT2D eigenvalue weighted by Gasteiger charge is 2.11. The average Bonchev–Trinajstić information content (AvgIpc) is 3.34. The molecule has 4 heterocycles. The van der Waals surface area contributed by atoms with Crippen LogP contribution in [0, 0.1) is 0 Å². The average molecular weight is 333 g/mol. The summed E-state index contributed by atoms with van der Waals surface area (Å²) < 4.78 is 3.13. The Kier molecular flexibility index (Phi) is 2.83. The fourth-order valence-corrected chi connectivity index (χ4v) is 3.40. The van der Waals surface area contributed by atoms with Crippen LogP contribution >= 0.6 is 11.3 Å². The molecule has 5 rings (SSSR count). The first kappa shape index (κ1) is 13.2. The first-order chi connectivity index (χ1) is 11.9. The molecular formula is C16H11N7S. The largest absolute Gasteiger partial charge is 0.337 e. The van der Waals surface area contributed by atoms with Crippen LogP contribution in [0.1, 0.15) is 0 Å². The molecule has 5 aromatic rings. The molecular weight excluding hydrogens is 322 g/mol. The molecule has 116 valence electrons. The standard InChI is InChI=1S/C16H11N7S/c1-2-12-14(24-9-19-12)5-11(1)22-15-16-18-8-13(10-6-20-21-7-10)23(16)4-3-17-15/h1-9H,(H,17,22)(H,20,21). The van der Waals surface area contributed by atoms with Crippen LogP contribution < -0.4 is 5.32 Å². The summed E-state index contributed by atoms with van der Waals surface area (Å²) in [6.45, 7) is 0. The summed E-state index contributed by atoms with van der Waals surface area (Å²) in [5.74, 6) is 0.705. The molecule has 0 amide bonds. The number of aromatic amines is 1. The zero-order valence-electron chi connectivity index (χ0n) is 12.3. The van der Waals surface area contributed by atoms with Gasteiger partial charge >= 0.3 is 0 Å². The van der Waals surface area contributed by atoms with Gasteiger partial charge in [-0.3, -0.25) is 9.50 Å². The topological polar surface area (TPSA) is 83.8 Å². The first-order valence-corrected chi connectivity index (χ1v) is 8.18. The van der Waals surface area contributed by atoms with Gasteiger partial charge < -0.3 is 5.32 Å². The van der Waals surface area contributed by atoms with Crippen LogP contribution in [0.2, 0.25) is 0 Å². The second-order valence-electron chi connectivity index (χ2n) is 5.26. The van der Waals surface area contributed by atoms with E-state index < -0.39 is 0 Å². The van der Waals surface area contributed by atoms with Gasteiger partial charge in [0, 0.05) is 29.8 Å². The number of thiazole rings is 1. The van der Waals surface area contributed by atoms with E-state index in [2.05, 4.69) is 36.5 Å². The Morgan fingerprint density at radius 1 is 1.12 bits per heavy atom. The third-order valence-electron chi connectivity index (χ3n) is 3.82. The molecule has 0 aliphatic rings. The lowest BCUT2D eigenvalue weighted by Crippen LogP contribution is -1.98. The Morgan fingerprint density at radius 3 is 3.04 bits per heavy atom. The number of nitrogens with one attached hydrogen (secondary N) is 2. The highest BCUT2D eigenvalue weighted by Crippen LogP contribution is 2.27. The molecule has 0 aliphatic carbocycles. The van der Waals surface area contributed by atoms with E-state index in [1.807, 2.05) is 40.6 Å². The Morgan fingerprint density at radius 2 is 2.12 bits per heavy atom. The second-order valence-corrected chi connectivity index (χ2v) is 6.15. The molecule has 0 spiro atoms. The van der Waals surface area contributed by atoms with Crippen LogP contribution in [0.5, 0.6) is 0 Å². The summed E-state index contributed by atoms with van der Waals surface area (Å²) in [7, 11) is 0. The molecule has 8 heteroatoms. The van der Waals surface area contributed by atoms with E-state index in [-0.39, 0.29) is 0 Å². The molecule has 1 aromatic carbocycles. The highest BCUT2D eigenvalue weighted by atomic mass is 32.1. The number of nitrogens with zero attached hydrogens (tertiary/aromatic N) is 5. The Hall–Kier alpha value is -3.26. The summed E-state index contributed by atoms with van der Waals surface area (Å²) in [6.07, 6.45) is 9.08. The van der Waals surface area contributed by atoms with Crippen LogP contribution in [0.3, 0.4) is 0 Å². The fourth-order valence-electron chi connectivity index (χ4n) is 2.68. The van der Waals surface area contributed by atoms with Gasteiger partial charge in [-0.1, -0.05) is 0 Å². The third-order valence-corrected chi connectivity index (χ3v) is 4.61. The molecule has 0 saturated heterocycles. The molecule has 0 bridgehead atoms. The summed E-state index contributed by atoms with van der Waals surface area (Å²) >= 11 is 1.62. The molecule has 4 aromatic heterocycles. The van der Waals surface area contributed by atoms with E-state index in [4.69, 9.17) is 0 Å². The lowest BCUT2D eigenvalue weighted by molar-refractivity contribution is 1.09. The maximum absolute atomic E-state index is 4.51. The molecule has 2 N–H and O–H groups in total. The maximum Gasteiger partial charge on any atom is 0.180 e. The van der Waals surface area contributed by atoms with Gasteiger partial charge in [-0.05, 0) is 18.2 Å². The zero-order chi connectivity index (χ0) is 15.9. The number of rotatable bonds is 3. The fraction of sp³-hybridized carbons (Fsp3) is 0. The van der Waals surface area contributed by atoms with Crippen molar-refractivity contribution < 1.29 is 0 Å². The van der Waals surface area contributed by atoms with Crippen molar-refractivity contribution in [2.24, 2.45) is 0 Å². The van der Waals surface area contributed by atoms with Gasteiger partial charge in [-0.15, -0.1) is 11.3 Å². The number of H-pyrrole nitrogens is 1. The molecule has 0 unspecified atom stereocenters. The van der Waals surface area contributed by atoms with Crippen molar-refractivity contribution in [2.75, 3.05) is 5.32 Å². The second kappa shape index (κ2) is 5.14. The van der Waals surface area contributed by atoms with Gasteiger partial charge in [0.25, 0.3) is 0 Å². The van der Waals surface area contributed by atoms with E-state index in [9.17, 15) is 0 Å². The number of fused-ring (bicyclic) bond motifs is 2. The van der Waals surface area contributed by atoms with E-state index in [0.29, 0.717) is 5.82 Å². The van der Waals surface area contributed by atoms with Crippen LogP contribution in [0.4, 0.5) is 11.5 Å². The first-order valence-electron chi connectivity index (χ1n) is 7.30. The van der Waals surface area contributed by atoms with E-state index >= 15 is 0 Å². The van der Waals surface area contributed by atoms with Crippen LogP contribution in [0.15, 0.2) is 54.7 Å². The van der Waals surface area contributed by atoms with Gasteiger partial charge in [-0.25, -0.2) is 15.0 Å². The molecule has 0 fully saturated rings. The number of hydrogen-bond donors (Lipinski definition) is 2. The minimum Gasteiger partial charge on any atom is -0.337 e. The summed E-state index contributed by atoms with van der Waals surface area (Å²) in [6, 6.07) is 6.06. The zero-order valence-corrected chi connectivity index (χ0v) is 13.2. The van der Waals surface area contributed by atoms with Gasteiger partial charge in [0.2, 0.25) is 0 Å². The SMILES string of the molecule is c1cn2c(-c3cn[nH]c3)cnc2c(Nc2ccc3ncsc3c2)n1. The Labute approximate surface area is 140 Å². The van der Waals surface area contributed by atoms with Crippen molar-refractivity contribution in [2.45, 2.75) is 0 Å². The van der Waals surface area contributed by atoms with Crippen molar-refractivity contribution in [3.63, 3.8) is 0 Å². The van der Waals surface area contributed by atoms with Gasteiger partial charge in [0.1, 0.15) is 0 Å². The molecule has 0 radical (unpaired) electrons. The van der Waals surface area contributed by atoms with Gasteiger partial charge in [0.05, 0.1) is 33.8 Å². The van der Waals surface area contributed by atoms with Crippen molar-refractivity contribution in [3.05, 3.63) is 54.7 Å². The molecule has 7 nitrogen and oxygen atoms in total. The molecule has 0 aliphatic heterocycles. The van der Waals surface area contributed by atoms with Crippen molar-refractivity contribution in [3.8, 4) is 11.3 Å². The van der Waals surface area contributed by atoms with E-state index in [1.54, 1.807) is 23.7 Å². The van der Waals surface area contributed by atoms with Crippen molar-refractivity contribution >= 4 is 38.7 Å². The minimum atomic E-state index is 0.705. The third kappa shape index (κ3) is 2.04. The van der Waals surface area contributed by atoms with Crippen LogP contribution in [-0.4, -0.2) is 29.5 Å². The quantitative estimate of drug-likeness (QED) is 0.528. The maximum atomic E-state index is 4.51. The van der Waals surface area contributed by atoms with Crippen LogP contribution in [0.25, 0.3) is 27.1 Å². The predicted octanol–water partition coefficient (Wildman–Crippen LogP) is 3.47. The molecule has 0 atom stereocenters. The summed E-state index contributed by atoms with van der Waals surface area (Å²) in [4.78, 5) is 13.2. The smallest absolute Gasteiger partial charge is 0.180 e. The Balaban J connectivity index is 1.59. The normalized spacial score (nSPS) is 11.3. The Bertz CT molecular complexity index is 1140. The number of imidazole rings is 1. The lowest BCUT2D eigenvalue weighted by atomic mass is 10.3. The van der Waals surface area contributed by atoms with Crippen LogP contribution in [-0.2, 0) is 0 Å². The minimum absolute atomic E-state index is 0.705. The van der Waals surface area contributed by atoms with Gasteiger partial charge in [0.15, 0.2) is 11.5 Å². The highest BCUT2D eigenvalue weighted by molar-refractivity contribution is 7.16. The number of hydrogen-bond acceptors (Lipinski definition) is 6. The van der Waals surface area contributed by atoms with Crippen molar-refractivity contribution in [1.82, 2.24) is 29.5 Å². The van der Waals surface area contributed by atoms with Gasteiger partial charge in [-0.2, -0.15) is 5.10 Å². The van der Waals surface area contributed by atoms with E-state index in [1.165, 1.54) is 0 Å². The number of aromatic nitrogens is 6. The number of anilines is 2. The molecule has 24 heavy (non-hydrogen) atoms. The summed E-state index contributed by atoms with van der Waals surface area (Å²) in [5, 5.41) is 10.2. The summed E-state index contributed by atoms with van der Waals surface area (Å²) in [5.41, 5.74) is 6.50. The number of benzene rings is 1. The lowest BCUT2D eigenvalue weighted by Gasteiger charge is -2.07. The monoisotopic (exact) mass is 333 g/mol. The predicted molar refractivity (Wildman–Crippen MR) is 93.5 cm³/mol. The van der Waals surface area contributed by atoms with E-state index in [0.717, 1.165) is 32.8 Å². The van der Waals surface area contributed by atoms with Crippen molar-refractivity contribution in [1.29, 1.82) is 0 Å².